The lowest BCUT2D eigenvalue weighted by Crippen LogP contribution is -2.48. The van der Waals surface area contributed by atoms with Crippen LogP contribution in [0.15, 0.2) is 0 Å². The molecule has 0 bridgehead atoms. The average Bonchev–Trinajstić information content (AvgIpc) is 2.28. The molecule has 1 rings (SSSR count). The smallest absolute Gasteiger partial charge is 0.223 e. The van der Waals surface area contributed by atoms with Crippen molar-refractivity contribution in [1.29, 1.82) is 0 Å². The van der Waals surface area contributed by atoms with Crippen molar-refractivity contribution in [1.82, 2.24) is 4.90 Å². The maximum absolute atomic E-state index is 12.0. The van der Waals surface area contributed by atoms with Crippen LogP contribution >= 0.6 is 0 Å². The van der Waals surface area contributed by atoms with E-state index in [4.69, 9.17) is 9.88 Å². The topological polar surface area (TPSA) is 89.7 Å². The van der Waals surface area contributed by atoms with Crippen molar-refractivity contribution in [2.75, 3.05) is 25.5 Å². The Morgan fingerprint density at radius 1 is 1.50 bits per heavy atom. The zero-order chi connectivity index (χ0) is 13.6. The molecule has 0 saturated carbocycles. The highest BCUT2D eigenvalue weighted by atomic mass is 32.2. The number of rotatable bonds is 6. The van der Waals surface area contributed by atoms with E-state index in [2.05, 4.69) is 6.92 Å². The summed E-state index contributed by atoms with van der Waals surface area (Å²) in [6.45, 7) is 3.80. The standard InChI is InChI=1S/C11H22N2O4S/c1-2-4-10-9-17-7-6-13(10)11(14)5-3-8-18(12,15)16/h10H,2-9H2,1H3,(H2,12,15,16). The molecule has 1 amide bonds. The molecule has 1 heterocycles. The minimum absolute atomic E-state index is 0.000370. The van der Waals surface area contributed by atoms with Crippen molar-refractivity contribution in [2.24, 2.45) is 5.14 Å². The third-order valence-electron chi connectivity index (χ3n) is 2.99. The van der Waals surface area contributed by atoms with Gasteiger partial charge in [-0.25, -0.2) is 13.6 Å². The minimum Gasteiger partial charge on any atom is -0.377 e. The van der Waals surface area contributed by atoms with Crippen molar-refractivity contribution in [3.05, 3.63) is 0 Å². The second-order valence-electron chi connectivity index (χ2n) is 4.58. The molecule has 1 aliphatic rings. The Morgan fingerprint density at radius 3 is 2.83 bits per heavy atom. The Labute approximate surface area is 109 Å². The first-order chi connectivity index (χ1) is 8.44. The van der Waals surface area contributed by atoms with Gasteiger partial charge in [0.1, 0.15) is 0 Å². The van der Waals surface area contributed by atoms with Crippen LogP contribution in [-0.4, -0.2) is 50.8 Å². The largest absolute Gasteiger partial charge is 0.377 e. The molecule has 1 saturated heterocycles. The van der Waals surface area contributed by atoms with E-state index in [0.717, 1.165) is 12.8 Å². The molecule has 106 valence electrons. The molecule has 1 atom stereocenters. The van der Waals surface area contributed by atoms with Crippen LogP contribution in [0, 0.1) is 0 Å². The van der Waals surface area contributed by atoms with Crippen LogP contribution in [0.2, 0.25) is 0 Å². The molecule has 1 unspecified atom stereocenters. The predicted molar refractivity (Wildman–Crippen MR) is 68.4 cm³/mol. The van der Waals surface area contributed by atoms with Crippen LogP contribution in [-0.2, 0) is 19.6 Å². The molecular weight excluding hydrogens is 256 g/mol. The average molecular weight is 278 g/mol. The van der Waals surface area contributed by atoms with Crippen molar-refractivity contribution >= 4 is 15.9 Å². The Bertz CT molecular complexity index is 367. The molecule has 7 heteroatoms. The van der Waals surface area contributed by atoms with Gasteiger partial charge < -0.3 is 9.64 Å². The van der Waals surface area contributed by atoms with E-state index in [0.29, 0.717) is 19.8 Å². The number of primary sulfonamides is 1. The van der Waals surface area contributed by atoms with Crippen molar-refractivity contribution < 1.29 is 17.9 Å². The second-order valence-corrected chi connectivity index (χ2v) is 6.31. The third kappa shape index (κ3) is 5.32. The molecule has 1 fully saturated rings. The summed E-state index contributed by atoms with van der Waals surface area (Å²) < 4.78 is 26.9. The zero-order valence-corrected chi connectivity index (χ0v) is 11.6. The van der Waals surface area contributed by atoms with Gasteiger partial charge in [-0.3, -0.25) is 4.79 Å². The van der Waals surface area contributed by atoms with E-state index in [1.165, 1.54) is 0 Å². The summed E-state index contributed by atoms with van der Waals surface area (Å²) in [6, 6.07) is 0.130. The number of morpholine rings is 1. The number of nitrogens with zero attached hydrogens (tertiary/aromatic N) is 1. The monoisotopic (exact) mass is 278 g/mol. The number of sulfonamides is 1. The number of carbonyl (C=O) groups excluding carboxylic acids is 1. The highest BCUT2D eigenvalue weighted by Gasteiger charge is 2.26. The van der Waals surface area contributed by atoms with Crippen LogP contribution in [0.1, 0.15) is 32.6 Å². The Kier molecular flexibility index (Phi) is 6.04. The quantitative estimate of drug-likeness (QED) is 0.745. The molecule has 0 aromatic carbocycles. The Balaban J connectivity index is 2.43. The summed E-state index contributed by atoms with van der Waals surface area (Å²) in [5, 5.41) is 4.90. The maximum Gasteiger partial charge on any atom is 0.223 e. The summed E-state index contributed by atoms with van der Waals surface area (Å²) in [6.07, 6.45) is 2.43. The molecular formula is C11H22N2O4S. The predicted octanol–water partition coefficient (Wildman–Crippen LogP) is 0.0826. The van der Waals surface area contributed by atoms with Gasteiger partial charge in [0.05, 0.1) is 25.0 Å². The number of amides is 1. The van der Waals surface area contributed by atoms with Gasteiger partial charge in [-0.1, -0.05) is 13.3 Å². The molecule has 2 N–H and O–H groups in total. The highest BCUT2D eigenvalue weighted by molar-refractivity contribution is 7.89. The number of nitrogens with two attached hydrogens (primary N) is 1. The summed E-state index contributed by atoms with van der Waals surface area (Å²) >= 11 is 0. The molecule has 0 aromatic heterocycles. The number of hydrogen-bond donors (Lipinski definition) is 1. The first-order valence-electron chi connectivity index (χ1n) is 6.31. The first kappa shape index (κ1) is 15.4. The Morgan fingerprint density at radius 2 is 2.22 bits per heavy atom. The lowest BCUT2D eigenvalue weighted by Gasteiger charge is -2.35. The number of carbonyl (C=O) groups is 1. The molecule has 0 aromatic rings. The van der Waals surface area contributed by atoms with Gasteiger partial charge >= 0.3 is 0 Å². The van der Waals surface area contributed by atoms with E-state index >= 15 is 0 Å². The summed E-state index contributed by atoms with van der Waals surface area (Å²) in [7, 11) is -3.47. The van der Waals surface area contributed by atoms with Gasteiger partial charge in [0.2, 0.25) is 15.9 Å². The van der Waals surface area contributed by atoms with E-state index < -0.39 is 10.0 Å². The van der Waals surface area contributed by atoms with Gasteiger partial charge in [0.15, 0.2) is 0 Å². The van der Waals surface area contributed by atoms with Crippen molar-refractivity contribution in [3.8, 4) is 0 Å². The van der Waals surface area contributed by atoms with Gasteiger partial charge in [-0.2, -0.15) is 0 Å². The van der Waals surface area contributed by atoms with Gasteiger partial charge in [-0.05, 0) is 12.8 Å². The van der Waals surface area contributed by atoms with Crippen molar-refractivity contribution in [2.45, 2.75) is 38.6 Å². The lowest BCUT2D eigenvalue weighted by molar-refractivity contribution is -0.140. The normalized spacial score (nSPS) is 21.0. The summed E-state index contributed by atoms with van der Waals surface area (Å²) in [5.41, 5.74) is 0. The SMILES string of the molecule is CCCC1COCCN1C(=O)CCCS(N)(=O)=O. The lowest BCUT2D eigenvalue weighted by atomic mass is 10.1. The molecule has 0 spiro atoms. The highest BCUT2D eigenvalue weighted by Crippen LogP contribution is 2.14. The third-order valence-corrected chi connectivity index (χ3v) is 3.85. The minimum atomic E-state index is -3.47. The van der Waals surface area contributed by atoms with Crippen LogP contribution in [0.3, 0.4) is 0 Å². The van der Waals surface area contributed by atoms with Gasteiger partial charge in [0.25, 0.3) is 0 Å². The maximum atomic E-state index is 12.0. The zero-order valence-electron chi connectivity index (χ0n) is 10.8. The van der Waals surface area contributed by atoms with E-state index in [-0.39, 0.29) is 30.5 Å². The summed E-state index contributed by atoms with van der Waals surface area (Å²) in [5.74, 6) is -0.137. The van der Waals surface area contributed by atoms with Gasteiger partial charge in [0, 0.05) is 13.0 Å². The molecule has 0 aliphatic carbocycles. The fourth-order valence-electron chi connectivity index (χ4n) is 2.12. The van der Waals surface area contributed by atoms with Crippen LogP contribution in [0.5, 0.6) is 0 Å². The molecule has 1 aliphatic heterocycles. The fraction of sp³-hybridized carbons (Fsp3) is 0.909. The molecule has 18 heavy (non-hydrogen) atoms. The van der Waals surface area contributed by atoms with E-state index in [9.17, 15) is 13.2 Å². The molecule has 0 radical (unpaired) electrons. The van der Waals surface area contributed by atoms with E-state index in [1.807, 2.05) is 4.90 Å². The van der Waals surface area contributed by atoms with Crippen molar-refractivity contribution in [3.63, 3.8) is 0 Å². The number of ether oxygens (including phenoxy) is 1. The first-order valence-corrected chi connectivity index (χ1v) is 8.03. The van der Waals surface area contributed by atoms with E-state index in [1.54, 1.807) is 0 Å². The number of hydrogen-bond acceptors (Lipinski definition) is 4. The van der Waals surface area contributed by atoms with Crippen LogP contribution < -0.4 is 5.14 Å². The van der Waals surface area contributed by atoms with Crippen LogP contribution in [0.4, 0.5) is 0 Å². The molecule has 6 nitrogen and oxygen atoms in total. The fourth-order valence-corrected chi connectivity index (χ4v) is 2.67. The van der Waals surface area contributed by atoms with Crippen LogP contribution in [0.25, 0.3) is 0 Å². The summed E-state index contributed by atoms with van der Waals surface area (Å²) in [4.78, 5) is 13.8. The van der Waals surface area contributed by atoms with Gasteiger partial charge in [-0.15, -0.1) is 0 Å². The second kappa shape index (κ2) is 7.06. The Hall–Kier alpha value is -0.660.